The molecule has 2 rings (SSSR count). The standard InChI is InChI=1S/C9H11NO2S/c11-9(12)7-5-10-8(13-7)6-3-1-2-4-6/h5-6H,1-4H2,(H,11,12). The lowest BCUT2D eigenvalue weighted by Gasteiger charge is -2.01. The van der Waals surface area contributed by atoms with Crippen LogP contribution in [0.5, 0.6) is 0 Å². The highest BCUT2D eigenvalue weighted by Crippen LogP contribution is 2.35. The fraction of sp³-hybridized carbons (Fsp3) is 0.556. The van der Waals surface area contributed by atoms with E-state index >= 15 is 0 Å². The Hall–Kier alpha value is -0.900. The van der Waals surface area contributed by atoms with Gasteiger partial charge in [0.05, 0.1) is 11.2 Å². The molecule has 1 aliphatic carbocycles. The molecule has 4 heteroatoms. The van der Waals surface area contributed by atoms with E-state index in [0.29, 0.717) is 10.8 Å². The number of carboxylic acids is 1. The molecule has 0 saturated heterocycles. The molecule has 70 valence electrons. The van der Waals surface area contributed by atoms with Crippen molar-refractivity contribution in [2.45, 2.75) is 31.6 Å². The molecule has 0 unspecified atom stereocenters. The number of aromatic carboxylic acids is 1. The van der Waals surface area contributed by atoms with Crippen LogP contribution in [0.15, 0.2) is 6.20 Å². The molecule has 0 radical (unpaired) electrons. The Kier molecular flexibility index (Phi) is 2.31. The average Bonchev–Trinajstić information content (AvgIpc) is 2.75. The second-order valence-electron chi connectivity index (χ2n) is 3.35. The molecule has 0 aromatic carbocycles. The number of carbonyl (C=O) groups is 1. The van der Waals surface area contributed by atoms with E-state index in [1.54, 1.807) is 0 Å². The summed E-state index contributed by atoms with van der Waals surface area (Å²) in [4.78, 5) is 15.1. The molecule has 3 nitrogen and oxygen atoms in total. The molecule has 1 saturated carbocycles. The minimum Gasteiger partial charge on any atom is -0.477 e. The van der Waals surface area contributed by atoms with Crippen molar-refractivity contribution in [3.8, 4) is 0 Å². The van der Waals surface area contributed by atoms with Gasteiger partial charge >= 0.3 is 5.97 Å². The number of hydrogen-bond acceptors (Lipinski definition) is 3. The Morgan fingerprint density at radius 2 is 2.23 bits per heavy atom. The second kappa shape index (κ2) is 3.46. The van der Waals surface area contributed by atoms with Gasteiger partial charge in [-0.1, -0.05) is 12.8 Å². The molecule has 1 heterocycles. The molecule has 1 aromatic rings. The van der Waals surface area contributed by atoms with Crippen molar-refractivity contribution in [3.63, 3.8) is 0 Å². The van der Waals surface area contributed by atoms with Crippen molar-refractivity contribution in [1.82, 2.24) is 4.98 Å². The summed E-state index contributed by atoms with van der Waals surface area (Å²) in [6.45, 7) is 0. The molecule has 13 heavy (non-hydrogen) atoms. The highest BCUT2D eigenvalue weighted by atomic mass is 32.1. The highest BCUT2D eigenvalue weighted by molar-refractivity contribution is 7.13. The summed E-state index contributed by atoms with van der Waals surface area (Å²) in [5.74, 6) is -0.333. The highest BCUT2D eigenvalue weighted by Gasteiger charge is 2.21. The Morgan fingerprint density at radius 3 is 2.77 bits per heavy atom. The van der Waals surface area contributed by atoms with Crippen molar-refractivity contribution in [2.24, 2.45) is 0 Å². The predicted octanol–water partition coefficient (Wildman–Crippen LogP) is 2.50. The number of rotatable bonds is 2. The normalized spacial score (nSPS) is 17.8. The molecule has 0 atom stereocenters. The van der Waals surface area contributed by atoms with E-state index in [0.717, 1.165) is 5.01 Å². The minimum absolute atomic E-state index is 0.363. The van der Waals surface area contributed by atoms with Gasteiger partial charge < -0.3 is 5.11 Å². The van der Waals surface area contributed by atoms with E-state index < -0.39 is 5.97 Å². The van der Waals surface area contributed by atoms with Crippen LogP contribution in [0.2, 0.25) is 0 Å². The van der Waals surface area contributed by atoms with E-state index in [-0.39, 0.29) is 0 Å². The van der Waals surface area contributed by atoms with Crippen molar-refractivity contribution in [1.29, 1.82) is 0 Å². The molecule has 0 spiro atoms. The van der Waals surface area contributed by atoms with Gasteiger partial charge in [0.1, 0.15) is 4.88 Å². The van der Waals surface area contributed by atoms with Gasteiger partial charge in [0.2, 0.25) is 0 Å². The van der Waals surface area contributed by atoms with Gasteiger partial charge in [0.15, 0.2) is 0 Å². The molecule has 1 N–H and O–H groups in total. The van der Waals surface area contributed by atoms with Gasteiger partial charge in [-0.25, -0.2) is 9.78 Å². The lowest BCUT2D eigenvalue weighted by atomic mass is 10.1. The van der Waals surface area contributed by atoms with Crippen LogP contribution in [0.3, 0.4) is 0 Å². The van der Waals surface area contributed by atoms with Gasteiger partial charge in [0.25, 0.3) is 0 Å². The van der Waals surface area contributed by atoms with Crippen LogP contribution in [0, 0.1) is 0 Å². The Morgan fingerprint density at radius 1 is 1.54 bits per heavy atom. The van der Waals surface area contributed by atoms with Crippen LogP contribution in [0.4, 0.5) is 0 Å². The van der Waals surface area contributed by atoms with Crippen LogP contribution < -0.4 is 0 Å². The summed E-state index contributed by atoms with van der Waals surface area (Å²) in [6.07, 6.45) is 6.33. The van der Waals surface area contributed by atoms with Crippen molar-refractivity contribution in [3.05, 3.63) is 16.1 Å². The first-order chi connectivity index (χ1) is 6.27. The molecular weight excluding hydrogens is 186 g/mol. The number of hydrogen-bond donors (Lipinski definition) is 1. The van der Waals surface area contributed by atoms with E-state index in [1.807, 2.05) is 0 Å². The van der Waals surface area contributed by atoms with E-state index in [1.165, 1.54) is 43.2 Å². The molecule has 1 aromatic heterocycles. The van der Waals surface area contributed by atoms with Crippen molar-refractivity contribution in [2.75, 3.05) is 0 Å². The Balaban J connectivity index is 2.16. The smallest absolute Gasteiger partial charge is 0.347 e. The Labute approximate surface area is 80.4 Å². The first-order valence-corrected chi connectivity index (χ1v) is 5.28. The number of aromatic nitrogens is 1. The zero-order valence-corrected chi connectivity index (χ0v) is 8.01. The zero-order chi connectivity index (χ0) is 9.26. The van der Waals surface area contributed by atoms with Crippen LogP contribution in [-0.4, -0.2) is 16.1 Å². The van der Waals surface area contributed by atoms with Gasteiger partial charge in [-0.05, 0) is 12.8 Å². The third-order valence-corrected chi connectivity index (χ3v) is 3.59. The van der Waals surface area contributed by atoms with Crippen molar-refractivity contribution < 1.29 is 9.90 Å². The Bertz CT molecular complexity index is 315. The maximum absolute atomic E-state index is 10.6. The average molecular weight is 197 g/mol. The van der Waals surface area contributed by atoms with E-state index in [9.17, 15) is 4.79 Å². The molecule has 0 bridgehead atoms. The van der Waals surface area contributed by atoms with Crippen LogP contribution in [0.25, 0.3) is 0 Å². The summed E-state index contributed by atoms with van der Waals surface area (Å²) >= 11 is 1.33. The number of thiazole rings is 1. The number of nitrogens with zero attached hydrogens (tertiary/aromatic N) is 1. The molecular formula is C9H11NO2S. The summed E-state index contributed by atoms with van der Waals surface area (Å²) in [7, 11) is 0. The summed E-state index contributed by atoms with van der Waals surface area (Å²) in [5.41, 5.74) is 0. The fourth-order valence-electron chi connectivity index (χ4n) is 1.75. The lowest BCUT2D eigenvalue weighted by Crippen LogP contribution is -1.90. The van der Waals surface area contributed by atoms with Crippen LogP contribution in [-0.2, 0) is 0 Å². The predicted molar refractivity (Wildman–Crippen MR) is 50.3 cm³/mol. The zero-order valence-electron chi connectivity index (χ0n) is 7.19. The third kappa shape index (κ3) is 1.72. The van der Waals surface area contributed by atoms with Crippen LogP contribution in [0.1, 0.15) is 46.3 Å². The molecule has 0 amide bonds. The second-order valence-corrected chi connectivity index (χ2v) is 4.41. The van der Waals surface area contributed by atoms with E-state index in [2.05, 4.69) is 4.98 Å². The summed E-state index contributed by atoms with van der Waals surface area (Å²) in [6, 6.07) is 0. The molecule has 1 aliphatic rings. The maximum Gasteiger partial charge on any atom is 0.347 e. The van der Waals surface area contributed by atoms with Gasteiger partial charge in [-0.3, -0.25) is 0 Å². The minimum atomic E-state index is -0.859. The quantitative estimate of drug-likeness (QED) is 0.792. The molecule has 1 fully saturated rings. The van der Waals surface area contributed by atoms with Crippen LogP contribution >= 0.6 is 11.3 Å². The first kappa shape index (κ1) is 8.69. The van der Waals surface area contributed by atoms with Gasteiger partial charge in [0, 0.05) is 5.92 Å². The topological polar surface area (TPSA) is 50.2 Å². The van der Waals surface area contributed by atoms with Gasteiger partial charge in [-0.15, -0.1) is 11.3 Å². The first-order valence-electron chi connectivity index (χ1n) is 4.46. The van der Waals surface area contributed by atoms with Crippen molar-refractivity contribution >= 4 is 17.3 Å². The lowest BCUT2D eigenvalue weighted by molar-refractivity contribution is 0.0702. The SMILES string of the molecule is O=C(O)c1cnc(C2CCCC2)s1. The third-order valence-electron chi connectivity index (χ3n) is 2.44. The van der Waals surface area contributed by atoms with E-state index in [4.69, 9.17) is 5.11 Å². The fourth-order valence-corrected chi connectivity index (χ4v) is 2.67. The summed E-state index contributed by atoms with van der Waals surface area (Å²) in [5, 5.41) is 9.72. The largest absolute Gasteiger partial charge is 0.477 e. The van der Waals surface area contributed by atoms with Gasteiger partial charge in [-0.2, -0.15) is 0 Å². The number of carboxylic acid groups (broad SMARTS) is 1. The monoisotopic (exact) mass is 197 g/mol. The molecule has 0 aliphatic heterocycles. The maximum atomic E-state index is 10.6. The summed E-state index contributed by atoms with van der Waals surface area (Å²) < 4.78 is 0.